The molecule has 0 bridgehead atoms. The van der Waals surface area contributed by atoms with Crippen LogP contribution in [0.4, 0.5) is 0 Å². The van der Waals surface area contributed by atoms with Gasteiger partial charge in [0, 0.05) is 31.3 Å². The van der Waals surface area contributed by atoms with E-state index in [1.54, 1.807) is 4.68 Å². The van der Waals surface area contributed by atoms with Crippen molar-refractivity contribution in [2.45, 2.75) is 51.5 Å². The molecule has 2 rings (SSSR count). The number of rotatable bonds is 4. The van der Waals surface area contributed by atoms with Crippen LogP contribution in [-0.2, 0) is 7.05 Å². The fourth-order valence-electron chi connectivity index (χ4n) is 2.99. The predicted molar refractivity (Wildman–Crippen MR) is 77.6 cm³/mol. The van der Waals surface area contributed by atoms with Crippen LogP contribution in [-0.4, -0.2) is 33.4 Å². The summed E-state index contributed by atoms with van der Waals surface area (Å²) in [7, 11) is 1.86. The fraction of sp³-hybridized carbons (Fsp3) is 0.733. The lowest BCUT2D eigenvalue weighted by molar-refractivity contribution is 0.0867. The molecule has 1 fully saturated rings. The van der Waals surface area contributed by atoms with Crippen molar-refractivity contribution in [1.29, 1.82) is 0 Å². The van der Waals surface area contributed by atoms with Crippen molar-refractivity contribution in [2.75, 3.05) is 6.61 Å². The molecule has 1 aromatic rings. The molecule has 0 saturated heterocycles. The number of hydrogen-bond acceptors (Lipinski definition) is 3. The summed E-state index contributed by atoms with van der Waals surface area (Å²) >= 11 is 0. The topological polar surface area (TPSA) is 67.2 Å². The number of hydrogen-bond donors (Lipinski definition) is 2. The molecule has 5 nitrogen and oxygen atoms in total. The molecule has 1 aliphatic carbocycles. The molecule has 2 N–H and O–H groups in total. The van der Waals surface area contributed by atoms with Gasteiger partial charge in [0.05, 0.1) is 0 Å². The Bertz CT molecular complexity index is 468. The molecule has 1 heterocycles. The van der Waals surface area contributed by atoms with Gasteiger partial charge in [-0.15, -0.1) is 0 Å². The third-order valence-electron chi connectivity index (χ3n) is 4.20. The molecule has 2 unspecified atom stereocenters. The zero-order chi connectivity index (χ0) is 14.7. The standard InChI is InChI=1S/C15H25N3O2/c1-10(2)14-8-13(17-18(14)3)15(20)16-12-7-5-4-6-11(12)9-19/h8,10-12,19H,4-7,9H2,1-3H3,(H,16,20). The van der Waals surface area contributed by atoms with Gasteiger partial charge < -0.3 is 10.4 Å². The van der Waals surface area contributed by atoms with E-state index in [0.29, 0.717) is 11.6 Å². The third-order valence-corrected chi connectivity index (χ3v) is 4.20. The first-order valence-corrected chi connectivity index (χ1v) is 7.48. The summed E-state index contributed by atoms with van der Waals surface area (Å²) in [5, 5.41) is 16.7. The first-order chi connectivity index (χ1) is 9.52. The normalized spacial score (nSPS) is 23.1. The molecular weight excluding hydrogens is 254 g/mol. The lowest BCUT2D eigenvalue weighted by atomic mass is 9.85. The number of aryl methyl sites for hydroxylation is 1. The second-order valence-corrected chi connectivity index (χ2v) is 6.04. The minimum atomic E-state index is -0.127. The van der Waals surface area contributed by atoms with Gasteiger partial charge in [0.15, 0.2) is 0 Å². The van der Waals surface area contributed by atoms with Crippen LogP contribution in [0.1, 0.15) is 61.6 Å². The molecule has 2 atom stereocenters. The SMILES string of the molecule is CC(C)c1cc(C(=O)NC2CCCCC2CO)nn1C. The zero-order valence-corrected chi connectivity index (χ0v) is 12.6. The highest BCUT2D eigenvalue weighted by atomic mass is 16.3. The summed E-state index contributed by atoms with van der Waals surface area (Å²) in [5.74, 6) is 0.396. The maximum Gasteiger partial charge on any atom is 0.272 e. The van der Waals surface area contributed by atoms with Crippen LogP contribution in [0.25, 0.3) is 0 Å². The molecule has 5 heteroatoms. The molecule has 0 aromatic carbocycles. The van der Waals surface area contributed by atoms with Gasteiger partial charge in [-0.05, 0) is 24.8 Å². The summed E-state index contributed by atoms with van der Waals surface area (Å²) in [5.41, 5.74) is 1.52. The summed E-state index contributed by atoms with van der Waals surface area (Å²) in [4.78, 5) is 12.3. The number of amides is 1. The van der Waals surface area contributed by atoms with Gasteiger partial charge in [0.25, 0.3) is 5.91 Å². The predicted octanol–water partition coefficient (Wildman–Crippen LogP) is 1.82. The van der Waals surface area contributed by atoms with E-state index >= 15 is 0 Å². The molecule has 0 aliphatic heterocycles. The monoisotopic (exact) mass is 279 g/mol. The van der Waals surface area contributed by atoms with E-state index in [0.717, 1.165) is 31.4 Å². The van der Waals surface area contributed by atoms with E-state index < -0.39 is 0 Å². The number of carbonyl (C=O) groups is 1. The highest BCUT2D eigenvalue weighted by Crippen LogP contribution is 2.24. The van der Waals surface area contributed by atoms with E-state index in [1.807, 2.05) is 13.1 Å². The van der Waals surface area contributed by atoms with Crippen LogP contribution in [0.5, 0.6) is 0 Å². The van der Waals surface area contributed by atoms with Crippen LogP contribution in [0.2, 0.25) is 0 Å². The van der Waals surface area contributed by atoms with Crippen LogP contribution in [0.3, 0.4) is 0 Å². The largest absolute Gasteiger partial charge is 0.396 e. The average Bonchev–Trinajstić information content (AvgIpc) is 2.81. The fourth-order valence-corrected chi connectivity index (χ4v) is 2.99. The summed E-state index contributed by atoms with van der Waals surface area (Å²) < 4.78 is 1.77. The first kappa shape index (κ1) is 15.0. The number of nitrogens with one attached hydrogen (secondary N) is 1. The average molecular weight is 279 g/mol. The number of carbonyl (C=O) groups excluding carboxylic acids is 1. The van der Waals surface area contributed by atoms with Crippen LogP contribution < -0.4 is 5.32 Å². The van der Waals surface area contributed by atoms with Gasteiger partial charge in [0.2, 0.25) is 0 Å². The minimum Gasteiger partial charge on any atom is -0.396 e. The zero-order valence-electron chi connectivity index (χ0n) is 12.6. The molecule has 0 spiro atoms. The second-order valence-electron chi connectivity index (χ2n) is 6.04. The van der Waals surface area contributed by atoms with Crippen molar-refractivity contribution < 1.29 is 9.90 Å². The van der Waals surface area contributed by atoms with E-state index in [2.05, 4.69) is 24.3 Å². The molecule has 1 aliphatic rings. The Labute approximate surface area is 120 Å². The van der Waals surface area contributed by atoms with Gasteiger partial charge in [-0.3, -0.25) is 9.48 Å². The molecule has 0 radical (unpaired) electrons. The summed E-state index contributed by atoms with van der Waals surface area (Å²) in [6.07, 6.45) is 4.18. The van der Waals surface area contributed by atoms with Gasteiger partial charge in [-0.2, -0.15) is 5.10 Å². The van der Waals surface area contributed by atoms with Crippen LogP contribution >= 0.6 is 0 Å². The van der Waals surface area contributed by atoms with Crippen molar-refractivity contribution in [3.8, 4) is 0 Å². The molecule has 20 heavy (non-hydrogen) atoms. The van der Waals surface area contributed by atoms with Gasteiger partial charge in [-0.25, -0.2) is 0 Å². The van der Waals surface area contributed by atoms with Crippen molar-refractivity contribution >= 4 is 5.91 Å². The van der Waals surface area contributed by atoms with E-state index in [-0.39, 0.29) is 24.5 Å². The van der Waals surface area contributed by atoms with Crippen LogP contribution in [0.15, 0.2) is 6.07 Å². The lowest BCUT2D eigenvalue weighted by Gasteiger charge is -2.30. The van der Waals surface area contributed by atoms with E-state index in [1.165, 1.54) is 0 Å². The first-order valence-electron chi connectivity index (χ1n) is 7.48. The van der Waals surface area contributed by atoms with Crippen LogP contribution in [0, 0.1) is 5.92 Å². The van der Waals surface area contributed by atoms with Crippen molar-refractivity contribution in [2.24, 2.45) is 13.0 Å². The molecule has 1 amide bonds. The van der Waals surface area contributed by atoms with Gasteiger partial charge in [0.1, 0.15) is 5.69 Å². The summed E-state index contributed by atoms with van der Waals surface area (Å²) in [6, 6.07) is 1.93. The lowest BCUT2D eigenvalue weighted by Crippen LogP contribution is -2.43. The van der Waals surface area contributed by atoms with E-state index in [9.17, 15) is 9.90 Å². The Morgan fingerprint density at radius 2 is 2.20 bits per heavy atom. The number of aliphatic hydroxyl groups excluding tert-OH is 1. The van der Waals surface area contributed by atoms with Crippen molar-refractivity contribution in [3.63, 3.8) is 0 Å². The Kier molecular flexibility index (Phi) is 4.81. The Hall–Kier alpha value is -1.36. The van der Waals surface area contributed by atoms with Gasteiger partial charge >= 0.3 is 0 Å². The van der Waals surface area contributed by atoms with Crippen molar-refractivity contribution in [1.82, 2.24) is 15.1 Å². The molecule has 1 saturated carbocycles. The van der Waals surface area contributed by atoms with Gasteiger partial charge in [-0.1, -0.05) is 26.7 Å². The minimum absolute atomic E-state index is 0.0748. The Morgan fingerprint density at radius 3 is 2.80 bits per heavy atom. The number of aliphatic hydroxyl groups is 1. The quantitative estimate of drug-likeness (QED) is 0.883. The maximum atomic E-state index is 12.3. The highest BCUT2D eigenvalue weighted by Gasteiger charge is 2.27. The molecular formula is C15H25N3O2. The Balaban J connectivity index is 2.05. The molecule has 1 aromatic heterocycles. The van der Waals surface area contributed by atoms with Crippen molar-refractivity contribution in [3.05, 3.63) is 17.5 Å². The highest BCUT2D eigenvalue weighted by molar-refractivity contribution is 5.92. The molecule has 112 valence electrons. The third kappa shape index (κ3) is 3.20. The number of aromatic nitrogens is 2. The van der Waals surface area contributed by atoms with E-state index in [4.69, 9.17) is 0 Å². The Morgan fingerprint density at radius 1 is 1.50 bits per heavy atom. The second kappa shape index (κ2) is 6.39. The smallest absolute Gasteiger partial charge is 0.272 e. The number of nitrogens with zero attached hydrogens (tertiary/aromatic N) is 2. The summed E-state index contributed by atoms with van der Waals surface area (Å²) in [6.45, 7) is 4.31. The maximum absolute atomic E-state index is 12.3.